The molecule has 0 bridgehead atoms. The maximum absolute atomic E-state index is 12.3. The molecule has 0 radical (unpaired) electrons. The zero-order valence-electron chi connectivity index (χ0n) is 16.0. The highest BCUT2D eigenvalue weighted by molar-refractivity contribution is 5.98. The van der Waals surface area contributed by atoms with Crippen LogP contribution in [0.5, 0.6) is 5.75 Å². The van der Waals surface area contributed by atoms with Gasteiger partial charge in [0.1, 0.15) is 0 Å². The lowest BCUT2D eigenvalue weighted by Crippen LogP contribution is -2.21. The molecule has 0 saturated heterocycles. The van der Waals surface area contributed by atoms with Gasteiger partial charge < -0.3 is 14.8 Å². The predicted molar refractivity (Wildman–Crippen MR) is 110 cm³/mol. The van der Waals surface area contributed by atoms with Gasteiger partial charge in [0.2, 0.25) is 0 Å². The van der Waals surface area contributed by atoms with Crippen molar-refractivity contribution < 1.29 is 24.0 Å². The van der Waals surface area contributed by atoms with Gasteiger partial charge in [-0.3, -0.25) is 14.9 Å². The summed E-state index contributed by atoms with van der Waals surface area (Å²) in [6.45, 7) is -0.540. The van der Waals surface area contributed by atoms with Gasteiger partial charge in [-0.2, -0.15) is 0 Å². The number of ether oxygens (including phenoxy) is 2. The SMILES string of the molecule is COc1ccc(C(=O)OCC(=O)Nc2ccccc2-c2ccccc2)cc1[N+](=O)[O-]. The Morgan fingerprint density at radius 3 is 2.40 bits per heavy atom. The molecule has 8 heteroatoms. The number of carbonyl (C=O) groups excluding carboxylic acids is 2. The van der Waals surface area contributed by atoms with E-state index in [-0.39, 0.29) is 17.0 Å². The molecule has 8 nitrogen and oxygen atoms in total. The minimum atomic E-state index is -0.854. The van der Waals surface area contributed by atoms with Crippen molar-refractivity contribution in [1.29, 1.82) is 0 Å². The highest BCUT2D eigenvalue weighted by Gasteiger charge is 2.19. The van der Waals surface area contributed by atoms with Crippen molar-refractivity contribution in [2.75, 3.05) is 19.0 Å². The molecule has 1 N–H and O–H groups in total. The molecule has 0 atom stereocenters. The van der Waals surface area contributed by atoms with E-state index in [0.717, 1.165) is 17.2 Å². The van der Waals surface area contributed by atoms with Gasteiger partial charge in [0, 0.05) is 17.3 Å². The van der Waals surface area contributed by atoms with Crippen molar-refractivity contribution >= 4 is 23.3 Å². The summed E-state index contributed by atoms with van der Waals surface area (Å²) < 4.78 is 9.90. The summed E-state index contributed by atoms with van der Waals surface area (Å²) in [6.07, 6.45) is 0. The molecule has 3 rings (SSSR count). The Morgan fingerprint density at radius 2 is 1.70 bits per heavy atom. The van der Waals surface area contributed by atoms with E-state index in [1.54, 1.807) is 12.1 Å². The Balaban J connectivity index is 1.67. The first-order valence-corrected chi connectivity index (χ1v) is 8.93. The van der Waals surface area contributed by atoms with Gasteiger partial charge >= 0.3 is 11.7 Å². The van der Waals surface area contributed by atoms with E-state index < -0.39 is 23.4 Å². The van der Waals surface area contributed by atoms with Crippen molar-refractivity contribution in [2.24, 2.45) is 0 Å². The number of benzene rings is 3. The number of para-hydroxylation sites is 1. The zero-order chi connectivity index (χ0) is 21.5. The molecule has 3 aromatic rings. The molecule has 0 unspecified atom stereocenters. The molecule has 3 aromatic carbocycles. The monoisotopic (exact) mass is 406 g/mol. The smallest absolute Gasteiger partial charge is 0.338 e. The zero-order valence-corrected chi connectivity index (χ0v) is 16.0. The van der Waals surface area contributed by atoms with E-state index in [4.69, 9.17) is 9.47 Å². The summed E-state index contributed by atoms with van der Waals surface area (Å²) in [5.41, 5.74) is 1.90. The number of amides is 1. The van der Waals surface area contributed by atoms with Crippen LogP contribution in [0.15, 0.2) is 72.8 Å². The summed E-state index contributed by atoms with van der Waals surface area (Å²) in [5, 5.41) is 13.8. The van der Waals surface area contributed by atoms with Gasteiger partial charge in [-0.1, -0.05) is 48.5 Å². The third-order valence-electron chi connectivity index (χ3n) is 4.23. The van der Waals surface area contributed by atoms with E-state index in [9.17, 15) is 19.7 Å². The van der Waals surface area contributed by atoms with E-state index in [1.165, 1.54) is 19.2 Å². The average Bonchev–Trinajstić information content (AvgIpc) is 2.78. The van der Waals surface area contributed by atoms with E-state index >= 15 is 0 Å². The van der Waals surface area contributed by atoms with Crippen LogP contribution in [0.2, 0.25) is 0 Å². The van der Waals surface area contributed by atoms with Crippen LogP contribution in [-0.2, 0) is 9.53 Å². The van der Waals surface area contributed by atoms with Crippen LogP contribution in [0.1, 0.15) is 10.4 Å². The highest BCUT2D eigenvalue weighted by Crippen LogP contribution is 2.28. The lowest BCUT2D eigenvalue weighted by atomic mass is 10.0. The second-order valence-corrected chi connectivity index (χ2v) is 6.18. The molecule has 0 aliphatic rings. The fourth-order valence-electron chi connectivity index (χ4n) is 2.82. The molecule has 0 aliphatic carbocycles. The summed E-state index contributed by atoms with van der Waals surface area (Å²) in [7, 11) is 1.29. The van der Waals surface area contributed by atoms with Crippen LogP contribution in [0.4, 0.5) is 11.4 Å². The number of nitro groups is 1. The van der Waals surface area contributed by atoms with Gasteiger partial charge in [0.15, 0.2) is 12.4 Å². The standard InChI is InChI=1S/C22H18N2O6/c1-29-20-12-11-16(13-19(20)24(27)28)22(26)30-14-21(25)23-18-10-6-5-9-17(18)15-7-3-2-4-8-15/h2-13H,14H2,1H3,(H,23,25). The van der Waals surface area contributed by atoms with Crippen molar-refractivity contribution in [3.63, 3.8) is 0 Å². The third-order valence-corrected chi connectivity index (χ3v) is 4.23. The van der Waals surface area contributed by atoms with Gasteiger partial charge in [-0.05, 0) is 23.8 Å². The van der Waals surface area contributed by atoms with Crippen LogP contribution in [0, 0.1) is 10.1 Å². The maximum atomic E-state index is 12.3. The van der Waals surface area contributed by atoms with Gasteiger partial charge in [-0.15, -0.1) is 0 Å². The molecule has 152 valence electrons. The number of nitrogens with one attached hydrogen (secondary N) is 1. The molecule has 0 aromatic heterocycles. The highest BCUT2D eigenvalue weighted by atomic mass is 16.6. The predicted octanol–water partition coefficient (Wildman–Crippen LogP) is 4.07. The average molecular weight is 406 g/mol. The first kappa shape index (κ1) is 20.5. The van der Waals surface area contributed by atoms with Crippen LogP contribution in [0.25, 0.3) is 11.1 Å². The normalized spacial score (nSPS) is 10.2. The molecule has 0 spiro atoms. The Morgan fingerprint density at radius 1 is 1.00 bits per heavy atom. The molecule has 0 saturated carbocycles. The molecular formula is C22H18N2O6. The van der Waals surface area contributed by atoms with Crippen molar-refractivity contribution in [3.8, 4) is 16.9 Å². The molecule has 30 heavy (non-hydrogen) atoms. The summed E-state index contributed by atoms with van der Waals surface area (Å²) in [5.74, 6) is -1.37. The van der Waals surface area contributed by atoms with Crippen LogP contribution >= 0.6 is 0 Å². The molecule has 0 aliphatic heterocycles. The van der Waals surface area contributed by atoms with Crippen molar-refractivity contribution in [2.45, 2.75) is 0 Å². The minimum absolute atomic E-state index is 0.0202. The van der Waals surface area contributed by atoms with Crippen molar-refractivity contribution in [3.05, 3.63) is 88.5 Å². The summed E-state index contributed by atoms with van der Waals surface area (Å²) >= 11 is 0. The number of esters is 1. The first-order chi connectivity index (χ1) is 14.5. The van der Waals surface area contributed by atoms with Gasteiger partial charge in [0.05, 0.1) is 17.6 Å². The van der Waals surface area contributed by atoms with Crippen LogP contribution < -0.4 is 10.1 Å². The third kappa shape index (κ3) is 4.79. The Kier molecular flexibility index (Phi) is 6.39. The summed E-state index contributed by atoms with van der Waals surface area (Å²) in [4.78, 5) is 34.9. The topological polar surface area (TPSA) is 108 Å². The Labute approximate surface area is 172 Å². The number of nitrogens with zero attached hydrogens (tertiary/aromatic N) is 1. The number of hydrogen-bond donors (Lipinski definition) is 1. The fraction of sp³-hybridized carbons (Fsp3) is 0.0909. The quantitative estimate of drug-likeness (QED) is 0.360. The molecule has 0 fully saturated rings. The lowest BCUT2D eigenvalue weighted by Gasteiger charge is -2.11. The van der Waals surface area contributed by atoms with Gasteiger partial charge in [0.25, 0.3) is 5.91 Å². The lowest BCUT2D eigenvalue weighted by molar-refractivity contribution is -0.385. The first-order valence-electron chi connectivity index (χ1n) is 8.93. The number of anilines is 1. The Bertz CT molecular complexity index is 1080. The fourth-order valence-corrected chi connectivity index (χ4v) is 2.82. The van der Waals surface area contributed by atoms with Crippen molar-refractivity contribution in [1.82, 2.24) is 0 Å². The number of nitro benzene ring substituents is 1. The van der Waals surface area contributed by atoms with Gasteiger partial charge in [-0.25, -0.2) is 4.79 Å². The number of hydrogen-bond acceptors (Lipinski definition) is 6. The maximum Gasteiger partial charge on any atom is 0.338 e. The second-order valence-electron chi connectivity index (χ2n) is 6.18. The second kappa shape index (κ2) is 9.33. The molecule has 0 heterocycles. The molecular weight excluding hydrogens is 388 g/mol. The summed E-state index contributed by atoms with van der Waals surface area (Å²) in [6, 6.07) is 20.4. The van der Waals surface area contributed by atoms with Crippen LogP contribution in [-0.4, -0.2) is 30.5 Å². The van der Waals surface area contributed by atoms with Crippen LogP contribution in [0.3, 0.4) is 0 Å². The Hall–Kier alpha value is -4.20. The largest absolute Gasteiger partial charge is 0.490 e. The van der Waals surface area contributed by atoms with E-state index in [0.29, 0.717) is 5.69 Å². The van der Waals surface area contributed by atoms with E-state index in [1.807, 2.05) is 42.5 Å². The number of methoxy groups -OCH3 is 1. The number of carbonyl (C=O) groups is 2. The minimum Gasteiger partial charge on any atom is -0.490 e. The van der Waals surface area contributed by atoms with E-state index in [2.05, 4.69) is 5.32 Å². The molecule has 1 amide bonds. The number of rotatable bonds is 7.